The first-order valence-electron chi connectivity index (χ1n) is 27.3. The number of hydrogen-bond acceptors (Lipinski definition) is 26. The van der Waals surface area contributed by atoms with E-state index in [1.165, 1.54) is 0 Å². The van der Waals surface area contributed by atoms with Crippen molar-refractivity contribution in [2.24, 2.45) is 0 Å². The van der Waals surface area contributed by atoms with Crippen LogP contribution in [0.5, 0.6) is 46.0 Å². The Balaban J connectivity index is 0.00000477. The van der Waals surface area contributed by atoms with E-state index in [9.17, 15) is 134 Å². The van der Waals surface area contributed by atoms with Crippen LogP contribution in [0.1, 0.15) is 89.0 Å². The summed E-state index contributed by atoms with van der Waals surface area (Å²) in [4.78, 5) is -8.79. The number of fused-ring (bicyclic) bond motifs is 16. The van der Waals surface area contributed by atoms with Gasteiger partial charge in [-0.15, -0.1) is 34.5 Å². The van der Waals surface area contributed by atoms with E-state index in [1.54, 1.807) is 0 Å². The summed E-state index contributed by atoms with van der Waals surface area (Å²) in [6.07, 6.45) is -8.55. The molecule has 2 aliphatic rings. The van der Waals surface area contributed by atoms with E-state index < -0.39 is 320 Å². The van der Waals surface area contributed by atoms with Crippen molar-refractivity contribution in [1.82, 2.24) is 0 Å². The van der Waals surface area contributed by atoms with Crippen LogP contribution in [0.15, 0.2) is 136 Å². The van der Waals surface area contributed by atoms with Gasteiger partial charge in [-0.25, -0.2) is 16.8 Å². The third kappa shape index (κ3) is 23.6. The van der Waals surface area contributed by atoms with E-state index >= 15 is 0 Å². The molecule has 0 aromatic heterocycles. The molecule has 0 atom stereocenters. The smallest absolute Gasteiger partial charge is 0.872 e. The Morgan fingerprint density at radius 1 is 0.226 bits per heavy atom. The Morgan fingerprint density at radius 2 is 0.340 bits per heavy atom. The van der Waals surface area contributed by atoms with Crippen molar-refractivity contribution in [2.75, 3.05) is 13.2 Å². The van der Waals surface area contributed by atoms with E-state index in [0.717, 1.165) is 0 Å². The van der Waals surface area contributed by atoms with Crippen LogP contribution in [0.4, 0.5) is 0 Å². The van der Waals surface area contributed by atoms with E-state index in [-0.39, 0.29) is 236 Å². The molecule has 8 aromatic rings. The Morgan fingerprint density at radius 3 is 0.462 bits per heavy atom. The average molecular weight is 1690 g/mol. The second kappa shape index (κ2) is 38.0. The zero-order valence-corrected chi connectivity index (χ0v) is 79.4. The summed E-state index contributed by atoms with van der Waals surface area (Å²) in [6, 6.07) is 8.97. The number of hydrogen-bond donors (Lipinski definition) is 6. The molecule has 0 heterocycles. The first kappa shape index (κ1) is 102. The Bertz CT molecular complexity index is 5170. The van der Waals surface area contributed by atoms with Crippen molar-refractivity contribution in [2.45, 2.75) is 90.5 Å². The van der Waals surface area contributed by atoms with Crippen LogP contribution >= 0.6 is 0 Å². The average Bonchev–Trinajstić information content (AvgIpc) is 0.767. The summed E-state index contributed by atoms with van der Waals surface area (Å²) in [5, 5.41) is 86.7. The molecule has 16 bridgehead atoms. The van der Waals surface area contributed by atoms with Gasteiger partial charge in [-0.1, -0.05) is 0 Å². The Hall–Kier alpha value is -0.560. The summed E-state index contributed by atoms with van der Waals surface area (Å²) < 4.78 is 306. The van der Waals surface area contributed by atoms with E-state index in [1.807, 2.05) is 0 Å². The van der Waals surface area contributed by atoms with Gasteiger partial charge in [0.1, 0.15) is 44.9 Å². The van der Waals surface area contributed by atoms with Crippen LogP contribution in [0, 0.1) is 0 Å². The molecular weight excluding hydrogens is 1650 g/mol. The predicted molar refractivity (Wildman–Crippen MR) is 316 cm³/mol. The number of benzene rings is 8. The molecule has 10 rings (SSSR count). The first-order chi connectivity index (χ1) is 45.0. The number of ether oxygens (including phenoxy) is 2. The fourth-order valence-corrected chi connectivity index (χ4v) is 16.0. The molecule has 522 valence electrons. The molecule has 0 unspecified atom stereocenters. The second-order valence-corrected chi connectivity index (χ2v) is 33.7. The minimum atomic E-state index is -5.54. The van der Waals surface area contributed by atoms with E-state index in [0.29, 0.717) is 97.1 Å². The van der Waals surface area contributed by atoms with Crippen molar-refractivity contribution in [3.05, 3.63) is 186 Å². The summed E-state index contributed by atoms with van der Waals surface area (Å²) in [6.45, 7) is -1.95. The maximum Gasteiger partial charge on any atom is 1.00 e. The summed E-state index contributed by atoms with van der Waals surface area (Å²) >= 11 is 0. The predicted octanol–water partition coefficient (Wildman–Crippen LogP) is -23.7. The molecule has 0 saturated heterocycles. The van der Waals surface area contributed by atoms with Gasteiger partial charge in [0.2, 0.25) is 0 Å². The molecule has 106 heavy (non-hydrogen) atoms. The largest absolute Gasteiger partial charge is 1.00 e. The van der Waals surface area contributed by atoms with Crippen molar-refractivity contribution in [3.8, 4) is 46.0 Å². The van der Waals surface area contributed by atoms with Gasteiger partial charge in [-0.2, -0.15) is 50.5 Å². The summed E-state index contributed by atoms with van der Waals surface area (Å²) in [5.41, 5.74) is -11.2. The topological polar surface area (TPSA) is 597 Å². The van der Waals surface area contributed by atoms with Crippen molar-refractivity contribution >= 4 is 80.9 Å². The molecule has 48 heteroatoms. The molecular formula is C58H42Na8O32S8. The molecule has 6 N–H and O–H groups in total. The fourth-order valence-electron chi connectivity index (χ4n) is 11.4. The third-order valence-electron chi connectivity index (χ3n) is 15.7. The summed E-state index contributed by atoms with van der Waals surface area (Å²) in [7, 11) is -43.6. The molecule has 0 saturated carbocycles. The van der Waals surface area contributed by atoms with Crippen LogP contribution in [0.2, 0.25) is 0 Å². The van der Waals surface area contributed by atoms with Gasteiger partial charge in [0.25, 0.3) is 60.7 Å². The Labute approximate surface area is 784 Å². The second-order valence-electron chi connectivity index (χ2n) is 22.4. The zero-order valence-electron chi connectivity index (χ0n) is 56.9. The first-order valence-corrected chi connectivity index (χ1v) is 38.8. The third-order valence-corrected chi connectivity index (χ3v) is 22.3. The van der Waals surface area contributed by atoms with E-state index in [4.69, 9.17) is 9.47 Å². The maximum absolute atomic E-state index is 14.6. The van der Waals surface area contributed by atoms with Crippen molar-refractivity contribution in [1.29, 1.82) is 0 Å². The van der Waals surface area contributed by atoms with Gasteiger partial charge in [0.05, 0.1) is 39.2 Å². The van der Waals surface area contributed by atoms with Gasteiger partial charge in [0, 0.05) is 47.9 Å². The van der Waals surface area contributed by atoms with Crippen molar-refractivity contribution in [3.63, 3.8) is 0 Å². The molecule has 0 radical (unpaired) electrons. The normalized spacial score (nSPS) is 13.1. The molecule has 32 nitrogen and oxygen atoms in total. The van der Waals surface area contributed by atoms with Crippen LogP contribution in [0.3, 0.4) is 0 Å². The quantitative estimate of drug-likeness (QED) is 0.0355. The van der Waals surface area contributed by atoms with Crippen LogP contribution < -0.4 is 277 Å². The molecule has 8 aromatic carbocycles. The molecule has 0 spiro atoms. The molecule has 0 aliphatic heterocycles. The zero-order chi connectivity index (χ0) is 72.3. The molecule has 2 aliphatic carbocycles. The Kier molecular flexibility index (Phi) is 36.4. The SMILES string of the molecule is O=S(=O)([O-])c1cc2c([O-])c(c1)Cc1cc(S(=O)(=O)O)cc(c1[O-])Cc1cc(S(=O)(=O)O)cc(c1OCCOc1c3cc(S(=O)(=O)O)cc1Cc1cc(S(=O)(=O)O)cc(c1[O-])Cc1cc(S(=O)(=O)[O-])cc(c1[O-])Cc1cc(S(=O)(=O)O)cc(c1[O-])C3)Cc1cc(S(=O)(=O)O)cc(c1[O-])C2.[Na+].[Na+].[Na+].[Na+].[Na+].[Na+].[Na+].[Na+]. The number of rotatable bonds is 13. The standard InChI is InChI=1S/C58H50O32S8.8Na/c59-51-27-3-31-15-45(93(71,72)73)19-35(53(31)61)7-39-23-49(97(83,84)85)24-40(8-36-20-46(94(74,75)76)16-32(54(36)62)4-28(51)12-43(11-27)91(65,66)67)57(39)89-1-2-90-58-41-9-37-21-47(95(77,78)79)17-33(55(37)63)5-29-13-44(92(68,69)70)14-30(52(29)60)6-34-18-48(96(80,81)82)22-38(56(34)64)10-42(58)26-50(25-41)98(86,87)88;;;;;;;;/h11-26,59-64H,1-10H2,(H,65,66,67)(H,68,69,70)(H,71,72,73)(H,74,75,76)(H,77,78,79)(H,80,81,82)(H,83,84,85)(H,86,87,88);;;;;;;;/q;8*+1/p-8. The van der Waals surface area contributed by atoms with Gasteiger partial charge < -0.3 is 49.2 Å². The van der Waals surface area contributed by atoms with Gasteiger partial charge in [-0.05, 0) is 190 Å². The molecule has 0 amide bonds. The van der Waals surface area contributed by atoms with Crippen LogP contribution in [-0.2, 0) is 132 Å². The van der Waals surface area contributed by atoms with Gasteiger partial charge in [0.15, 0.2) is 0 Å². The minimum Gasteiger partial charge on any atom is -0.872 e. The van der Waals surface area contributed by atoms with Gasteiger partial charge >= 0.3 is 236 Å². The maximum atomic E-state index is 14.6. The summed E-state index contributed by atoms with van der Waals surface area (Å²) in [5.74, 6) is -8.58. The van der Waals surface area contributed by atoms with Gasteiger partial charge in [-0.3, -0.25) is 27.3 Å². The van der Waals surface area contributed by atoms with Crippen LogP contribution in [-0.4, -0.2) is 117 Å². The monoisotopic (exact) mass is 1690 g/mol. The van der Waals surface area contributed by atoms with E-state index in [2.05, 4.69) is 0 Å². The van der Waals surface area contributed by atoms with Crippen molar-refractivity contribution < 1.29 is 380 Å². The molecule has 0 fully saturated rings. The fraction of sp³-hybridized carbons (Fsp3) is 0.172. The van der Waals surface area contributed by atoms with Crippen LogP contribution in [0.25, 0.3) is 0 Å². The minimum absolute atomic E-state index is 0.